The van der Waals surface area contributed by atoms with E-state index in [9.17, 15) is 4.79 Å². The van der Waals surface area contributed by atoms with Crippen molar-refractivity contribution in [3.8, 4) is 5.75 Å². The lowest BCUT2D eigenvalue weighted by molar-refractivity contribution is 0.0527. The van der Waals surface area contributed by atoms with Crippen molar-refractivity contribution in [2.45, 2.75) is 46.1 Å². The normalized spacial score (nSPS) is 11.3. The zero-order chi connectivity index (χ0) is 20.0. The van der Waals surface area contributed by atoms with Gasteiger partial charge in [-0.15, -0.1) is 0 Å². The van der Waals surface area contributed by atoms with Crippen molar-refractivity contribution in [1.82, 2.24) is 15.3 Å². The van der Waals surface area contributed by atoms with Crippen molar-refractivity contribution in [2.75, 3.05) is 25.5 Å². The fourth-order valence-corrected chi connectivity index (χ4v) is 2.66. The van der Waals surface area contributed by atoms with E-state index >= 15 is 0 Å². The molecule has 27 heavy (non-hydrogen) atoms. The number of methoxy groups -OCH3 is 1. The van der Waals surface area contributed by atoms with Crippen molar-refractivity contribution < 1.29 is 14.3 Å². The highest BCUT2D eigenvalue weighted by atomic mass is 35.5. The Morgan fingerprint density at radius 3 is 2.48 bits per heavy atom. The van der Waals surface area contributed by atoms with Crippen LogP contribution in [0.1, 0.15) is 39.2 Å². The van der Waals surface area contributed by atoms with E-state index in [2.05, 4.69) is 20.6 Å². The second-order valence-electron chi connectivity index (χ2n) is 7.24. The number of ether oxygens (including phenoxy) is 2. The van der Waals surface area contributed by atoms with Gasteiger partial charge in [-0.2, -0.15) is 0 Å². The molecule has 0 spiro atoms. The quantitative estimate of drug-likeness (QED) is 0.680. The number of nitrogens with one attached hydrogen (secondary N) is 2. The van der Waals surface area contributed by atoms with Gasteiger partial charge < -0.3 is 20.1 Å². The molecule has 0 aliphatic heterocycles. The van der Waals surface area contributed by atoms with Crippen LogP contribution in [0.5, 0.6) is 5.75 Å². The number of aromatic nitrogens is 2. The lowest BCUT2D eigenvalue weighted by Crippen LogP contribution is -2.33. The SMILES string of the molecule is COc1cc2nc(NCCCCNC(=O)OC(C)(C)C)c(Cl)nc2cc1C. The largest absolute Gasteiger partial charge is 0.496 e. The number of alkyl carbamates (subject to hydrolysis) is 1. The van der Waals surface area contributed by atoms with Crippen molar-refractivity contribution in [3.63, 3.8) is 0 Å². The molecule has 8 heteroatoms. The molecule has 2 aromatic rings. The minimum absolute atomic E-state index is 0.332. The molecule has 2 rings (SSSR count). The topological polar surface area (TPSA) is 85.4 Å². The number of rotatable bonds is 7. The molecule has 0 bridgehead atoms. The standard InChI is InChI=1S/C19H27ClN4O3/c1-12-10-13-14(11-15(12)26-5)24-17(16(20)23-13)21-8-6-7-9-22-18(25)27-19(2,3)4/h10-11H,6-9H2,1-5H3,(H,21,24)(H,22,25). The van der Waals surface area contributed by atoms with Crippen LogP contribution in [0.25, 0.3) is 11.0 Å². The van der Waals surface area contributed by atoms with E-state index in [1.54, 1.807) is 7.11 Å². The van der Waals surface area contributed by atoms with Gasteiger partial charge in [-0.25, -0.2) is 14.8 Å². The number of unbranched alkanes of at least 4 members (excludes halogenated alkanes) is 1. The van der Waals surface area contributed by atoms with Gasteiger partial charge in [0.2, 0.25) is 0 Å². The molecule has 7 nitrogen and oxygen atoms in total. The third-order valence-corrected chi connectivity index (χ3v) is 3.97. The highest BCUT2D eigenvalue weighted by Crippen LogP contribution is 2.27. The molecule has 0 unspecified atom stereocenters. The minimum Gasteiger partial charge on any atom is -0.496 e. The number of hydrogen-bond donors (Lipinski definition) is 2. The van der Waals surface area contributed by atoms with Crippen molar-refractivity contribution >= 4 is 34.5 Å². The molecule has 2 N–H and O–H groups in total. The first kappa shape index (κ1) is 21.0. The van der Waals surface area contributed by atoms with E-state index in [-0.39, 0.29) is 0 Å². The predicted molar refractivity (Wildman–Crippen MR) is 108 cm³/mol. The summed E-state index contributed by atoms with van der Waals surface area (Å²) >= 11 is 6.23. The molecule has 0 radical (unpaired) electrons. The molecule has 0 saturated heterocycles. The first-order valence-electron chi connectivity index (χ1n) is 8.92. The number of anilines is 1. The van der Waals surface area contributed by atoms with Crippen molar-refractivity contribution in [1.29, 1.82) is 0 Å². The third kappa shape index (κ3) is 6.43. The van der Waals surface area contributed by atoms with Crippen molar-refractivity contribution in [2.24, 2.45) is 0 Å². The number of carbonyl (C=O) groups is 1. The number of amides is 1. The van der Waals surface area contributed by atoms with E-state index in [1.165, 1.54) is 0 Å². The summed E-state index contributed by atoms with van der Waals surface area (Å²) in [4.78, 5) is 20.5. The second-order valence-corrected chi connectivity index (χ2v) is 7.59. The molecule has 0 atom stereocenters. The number of fused-ring (bicyclic) bond motifs is 1. The molecule has 0 fully saturated rings. The summed E-state index contributed by atoms with van der Waals surface area (Å²) in [5, 5.41) is 6.26. The van der Waals surface area contributed by atoms with Gasteiger partial charge in [0.05, 0.1) is 18.1 Å². The van der Waals surface area contributed by atoms with Gasteiger partial charge in [0, 0.05) is 19.2 Å². The minimum atomic E-state index is -0.488. The molecule has 0 aliphatic carbocycles. The van der Waals surface area contributed by atoms with E-state index in [1.807, 2.05) is 39.8 Å². The zero-order valence-electron chi connectivity index (χ0n) is 16.5. The number of benzene rings is 1. The van der Waals surface area contributed by atoms with Crippen LogP contribution in [0.2, 0.25) is 5.15 Å². The number of aryl methyl sites for hydroxylation is 1. The maximum Gasteiger partial charge on any atom is 0.407 e. The van der Waals surface area contributed by atoms with Gasteiger partial charge in [-0.3, -0.25) is 0 Å². The molecule has 1 amide bonds. The van der Waals surface area contributed by atoms with E-state index < -0.39 is 11.7 Å². The molecule has 0 saturated carbocycles. The number of halogens is 1. The maximum atomic E-state index is 11.6. The highest BCUT2D eigenvalue weighted by molar-refractivity contribution is 6.32. The van der Waals surface area contributed by atoms with Gasteiger partial charge in [-0.1, -0.05) is 11.6 Å². The molecule has 1 heterocycles. The summed E-state index contributed by atoms with van der Waals surface area (Å²) in [6, 6.07) is 3.75. The summed E-state index contributed by atoms with van der Waals surface area (Å²) < 4.78 is 10.5. The molecule has 1 aromatic carbocycles. The van der Waals surface area contributed by atoms with Crippen LogP contribution in [0.15, 0.2) is 12.1 Å². The van der Waals surface area contributed by atoms with Crippen LogP contribution < -0.4 is 15.4 Å². The van der Waals surface area contributed by atoms with Crippen LogP contribution in [0.3, 0.4) is 0 Å². The first-order chi connectivity index (χ1) is 12.7. The summed E-state index contributed by atoms with van der Waals surface area (Å²) in [5.74, 6) is 1.30. The predicted octanol–water partition coefficient (Wildman–Crippen LogP) is 4.32. The second kappa shape index (κ2) is 9.08. The fourth-order valence-electron chi connectivity index (χ4n) is 2.46. The average molecular weight is 395 g/mol. The van der Waals surface area contributed by atoms with E-state index in [0.29, 0.717) is 24.1 Å². The third-order valence-electron chi connectivity index (χ3n) is 3.70. The van der Waals surface area contributed by atoms with Crippen LogP contribution in [0, 0.1) is 6.92 Å². The van der Waals surface area contributed by atoms with Gasteiger partial charge in [0.15, 0.2) is 11.0 Å². The highest BCUT2D eigenvalue weighted by Gasteiger charge is 2.15. The molecular weight excluding hydrogens is 368 g/mol. The molecular formula is C19H27ClN4O3. The Labute approximate surface area is 164 Å². The zero-order valence-corrected chi connectivity index (χ0v) is 17.2. The Bertz CT molecular complexity index is 806. The Hall–Kier alpha value is -2.28. The Balaban J connectivity index is 1.84. The first-order valence-corrected chi connectivity index (χ1v) is 9.30. The van der Waals surface area contributed by atoms with Crippen LogP contribution in [-0.4, -0.2) is 41.9 Å². The molecule has 1 aromatic heterocycles. The fraction of sp³-hybridized carbons (Fsp3) is 0.526. The van der Waals surface area contributed by atoms with Crippen LogP contribution in [0.4, 0.5) is 10.6 Å². The molecule has 0 aliphatic rings. The lowest BCUT2D eigenvalue weighted by Gasteiger charge is -2.19. The summed E-state index contributed by atoms with van der Waals surface area (Å²) in [6.07, 6.45) is 1.24. The van der Waals surface area contributed by atoms with E-state index in [4.69, 9.17) is 21.1 Å². The summed E-state index contributed by atoms with van der Waals surface area (Å²) in [5.41, 5.74) is 1.94. The smallest absolute Gasteiger partial charge is 0.407 e. The molecule has 148 valence electrons. The monoisotopic (exact) mass is 394 g/mol. The summed E-state index contributed by atoms with van der Waals surface area (Å²) in [7, 11) is 1.63. The van der Waals surface area contributed by atoms with Crippen molar-refractivity contribution in [3.05, 3.63) is 22.8 Å². The van der Waals surface area contributed by atoms with Gasteiger partial charge in [-0.05, 0) is 52.2 Å². The number of carbonyl (C=O) groups excluding carboxylic acids is 1. The Morgan fingerprint density at radius 2 is 1.81 bits per heavy atom. The van der Waals surface area contributed by atoms with Crippen LogP contribution >= 0.6 is 11.6 Å². The Morgan fingerprint density at radius 1 is 1.15 bits per heavy atom. The van der Waals surface area contributed by atoms with Crippen LogP contribution in [-0.2, 0) is 4.74 Å². The number of nitrogens with zero attached hydrogens (tertiary/aromatic N) is 2. The van der Waals surface area contributed by atoms with Gasteiger partial charge in [0.25, 0.3) is 0 Å². The Kier molecular flexibility index (Phi) is 7.07. The average Bonchev–Trinajstić information content (AvgIpc) is 2.56. The summed E-state index contributed by atoms with van der Waals surface area (Å²) in [6.45, 7) is 8.67. The lowest BCUT2D eigenvalue weighted by atomic mass is 10.2. The van der Waals surface area contributed by atoms with Gasteiger partial charge >= 0.3 is 6.09 Å². The van der Waals surface area contributed by atoms with E-state index in [0.717, 1.165) is 35.2 Å². The van der Waals surface area contributed by atoms with Gasteiger partial charge in [0.1, 0.15) is 11.4 Å². The number of hydrogen-bond acceptors (Lipinski definition) is 6. The maximum absolute atomic E-state index is 11.6.